The number of hydrogen-bond acceptors (Lipinski definition) is 5. The van der Waals surface area contributed by atoms with Crippen LogP contribution in [0.4, 0.5) is 10.1 Å². The highest BCUT2D eigenvalue weighted by Gasteiger charge is 2.27. The van der Waals surface area contributed by atoms with Crippen LogP contribution in [-0.2, 0) is 0 Å². The molecule has 0 radical (unpaired) electrons. The Bertz CT molecular complexity index is 1190. The second-order valence-corrected chi connectivity index (χ2v) is 7.56. The minimum absolute atomic E-state index is 0.0356. The van der Waals surface area contributed by atoms with Gasteiger partial charge in [-0.05, 0) is 30.3 Å². The Morgan fingerprint density at radius 1 is 1.00 bits per heavy atom. The van der Waals surface area contributed by atoms with Crippen molar-refractivity contribution < 1.29 is 18.9 Å². The van der Waals surface area contributed by atoms with E-state index in [9.17, 15) is 24.1 Å². The first-order chi connectivity index (χ1) is 15.3. The van der Waals surface area contributed by atoms with Crippen molar-refractivity contribution in [3.8, 4) is 5.69 Å². The molecule has 0 N–H and O–H groups in total. The Kier molecular flexibility index (Phi) is 5.87. The predicted molar refractivity (Wildman–Crippen MR) is 113 cm³/mol. The zero-order valence-corrected chi connectivity index (χ0v) is 17.4. The smallest absolute Gasteiger partial charge is 0.269 e. The van der Waals surface area contributed by atoms with Gasteiger partial charge in [0.2, 0.25) is 0 Å². The van der Waals surface area contributed by atoms with Gasteiger partial charge in [0.15, 0.2) is 0 Å². The molecule has 0 aliphatic carbocycles. The molecule has 0 atom stereocenters. The zero-order chi connectivity index (χ0) is 22.8. The van der Waals surface area contributed by atoms with E-state index in [1.165, 1.54) is 35.1 Å². The summed E-state index contributed by atoms with van der Waals surface area (Å²) in [5, 5.41) is 15.0. The van der Waals surface area contributed by atoms with E-state index < -0.39 is 10.7 Å². The molecule has 1 aliphatic rings. The van der Waals surface area contributed by atoms with Gasteiger partial charge in [0.05, 0.1) is 33.0 Å². The number of benzene rings is 2. The van der Waals surface area contributed by atoms with Crippen LogP contribution in [0.1, 0.15) is 20.7 Å². The lowest BCUT2D eigenvalue weighted by Crippen LogP contribution is -2.50. The van der Waals surface area contributed by atoms with Crippen LogP contribution in [0.2, 0.25) is 5.02 Å². The van der Waals surface area contributed by atoms with Crippen LogP contribution in [0.3, 0.4) is 0 Å². The van der Waals surface area contributed by atoms with Gasteiger partial charge in [0.1, 0.15) is 5.82 Å². The van der Waals surface area contributed by atoms with E-state index >= 15 is 0 Å². The highest BCUT2D eigenvalue weighted by Crippen LogP contribution is 2.21. The van der Waals surface area contributed by atoms with Crippen LogP contribution in [0.15, 0.2) is 54.9 Å². The quantitative estimate of drug-likeness (QED) is 0.442. The number of aromatic nitrogens is 2. The van der Waals surface area contributed by atoms with Crippen LogP contribution < -0.4 is 0 Å². The number of nitrogens with zero attached hydrogens (tertiary/aromatic N) is 5. The topological polar surface area (TPSA) is 102 Å². The minimum atomic E-state index is -0.517. The highest BCUT2D eigenvalue weighted by atomic mass is 35.5. The Labute approximate surface area is 186 Å². The van der Waals surface area contributed by atoms with Gasteiger partial charge in [-0.2, -0.15) is 5.10 Å². The Morgan fingerprint density at radius 2 is 1.62 bits per heavy atom. The van der Waals surface area contributed by atoms with Gasteiger partial charge in [0.25, 0.3) is 17.5 Å². The molecule has 9 nitrogen and oxygen atoms in total. The summed E-state index contributed by atoms with van der Waals surface area (Å²) in [4.78, 5) is 39.0. The highest BCUT2D eigenvalue weighted by molar-refractivity contribution is 6.33. The van der Waals surface area contributed by atoms with Crippen molar-refractivity contribution >= 4 is 29.1 Å². The van der Waals surface area contributed by atoms with E-state index in [4.69, 9.17) is 11.6 Å². The first-order valence-corrected chi connectivity index (χ1v) is 10.0. The van der Waals surface area contributed by atoms with Crippen molar-refractivity contribution in [2.75, 3.05) is 26.2 Å². The van der Waals surface area contributed by atoms with Crippen LogP contribution in [0.25, 0.3) is 5.69 Å². The Morgan fingerprint density at radius 3 is 2.22 bits per heavy atom. The van der Waals surface area contributed by atoms with Gasteiger partial charge in [-0.3, -0.25) is 19.7 Å². The van der Waals surface area contributed by atoms with Crippen molar-refractivity contribution in [3.05, 3.63) is 86.9 Å². The van der Waals surface area contributed by atoms with E-state index in [0.717, 1.165) is 6.07 Å². The molecule has 1 aromatic heterocycles. The van der Waals surface area contributed by atoms with E-state index in [-0.39, 0.29) is 28.1 Å². The summed E-state index contributed by atoms with van der Waals surface area (Å²) in [5.74, 6) is -1.06. The second-order valence-electron chi connectivity index (χ2n) is 7.16. The summed E-state index contributed by atoms with van der Waals surface area (Å²) in [6, 6.07) is 9.45. The standard InChI is InChI=1S/C21H17ClFN5O4/c22-19-11-15(23)1-6-18(19)21(30)26-9-7-25(8-10-26)20(29)14-12-24-27(13-14)16-2-4-17(5-3-16)28(31)32/h1-6,11-13H,7-10H2. The monoisotopic (exact) mass is 457 g/mol. The summed E-state index contributed by atoms with van der Waals surface area (Å²) >= 11 is 5.99. The molecule has 1 fully saturated rings. The van der Waals surface area contributed by atoms with E-state index in [1.807, 2.05) is 0 Å². The summed E-state index contributed by atoms with van der Waals surface area (Å²) < 4.78 is 14.7. The maximum absolute atomic E-state index is 13.2. The number of non-ortho nitro benzene ring substituents is 1. The molecule has 4 rings (SSSR count). The lowest BCUT2D eigenvalue weighted by molar-refractivity contribution is -0.384. The molecule has 32 heavy (non-hydrogen) atoms. The third kappa shape index (κ3) is 4.30. The maximum Gasteiger partial charge on any atom is 0.269 e. The van der Waals surface area contributed by atoms with Crippen molar-refractivity contribution in [1.82, 2.24) is 19.6 Å². The van der Waals surface area contributed by atoms with Crippen LogP contribution >= 0.6 is 11.6 Å². The number of nitro benzene ring substituents is 1. The van der Waals surface area contributed by atoms with E-state index in [1.54, 1.807) is 28.1 Å². The third-order valence-electron chi connectivity index (χ3n) is 5.17. The fraction of sp³-hybridized carbons (Fsp3) is 0.190. The summed E-state index contributed by atoms with van der Waals surface area (Å²) in [6.45, 7) is 1.28. The number of amides is 2. The van der Waals surface area contributed by atoms with E-state index in [2.05, 4.69) is 5.10 Å². The SMILES string of the molecule is O=C(c1cnn(-c2ccc([N+](=O)[O-])cc2)c1)N1CCN(C(=O)c2ccc(F)cc2Cl)CC1. The molecule has 1 aliphatic heterocycles. The second kappa shape index (κ2) is 8.75. The lowest BCUT2D eigenvalue weighted by Gasteiger charge is -2.34. The predicted octanol–water partition coefficient (Wildman–Crippen LogP) is 3.17. The minimum Gasteiger partial charge on any atom is -0.335 e. The summed E-state index contributed by atoms with van der Waals surface area (Å²) in [5.41, 5.74) is 1.13. The van der Waals surface area contributed by atoms with Crippen molar-refractivity contribution in [1.29, 1.82) is 0 Å². The first kappa shape index (κ1) is 21.4. The molecular formula is C21H17ClFN5O4. The number of carbonyl (C=O) groups is 2. The van der Waals surface area contributed by atoms with Gasteiger partial charge in [0, 0.05) is 44.5 Å². The van der Waals surface area contributed by atoms with Crippen molar-refractivity contribution in [2.45, 2.75) is 0 Å². The van der Waals surface area contributed by atoms with Crippen LogP contribution in [-0.4, -0.2) is 62.5 Å². The Balaban J connectivity index is 1.39. The molecule has 164 valence electrons. The van der Waals surface area contributed by atoms with Gasteiger partial charge in [-0.1, -0.05) is 11.6 Å². The zero-order valence-electron chi connectivity index (χ0n) is 16.6. The number of carbonyl (C=O) groups excluding carboxylic acids is 2. The number of halogens is 2. The maximum atomic E-state index is 13.2. The van der Waals surface area contributed by atoms with Gasteiger partial charge < -0.3 is 9.80 Å². The molecular weight excluding hydrogens is 441 g/mol. The number of rotatable bonds is 4. The molecule has 0 spiro atoms. The molecule has 2 heterocycles. The molecule has 0 bridgehead atoms. The molecule has 3 aromatic rings. The van der Waals surface area contributed by atoms with Gasteiger partial charge in [-0.25, -0.2) is 9.07 Å². The fourth-order valence-corrected chi connectivity index (χ4v) is 3.68. The molecule has 11 heteroatoms. The summed E-state index contributed by atoms with van der Waals surface area (Å²) in [6.07, 6.45) is 2.98. The third-order valence-corrected chi connectivity index (χ3v) is 5.48. The Hall–Kier alpha value is -3.79. The molecule has 2 aromatic carbocycles. The largest absolute Gasteiger partial charge is 0.335 e. The lowest BCUT2D eigenvalue weighted by atomic mass is 10.1. The average Bonchev–Trinajstić information content (AvgIpc) is 3.29. The van der Waals surface area contributed by atoms with Crippen LogP contribution in [0, 0.1) is 15.9 Å². The number of piperazine rings is 1. The van der Waals surface area contributed by atoms with Crippen molar-refractivity contribution in [3.63, 3.8) is 0 Å². The average molecular weight is 458 g/mol. The molecule has 0 saturated carbocycles. The molecule has 1 saturated heterocycles. The van der Waals surface area contributed by atoms with Gasteiger partial charge in [-0.15, -0.1) is 0 Å². The summed E-state index contributed by atoms with van der Waals surface area (Å²) in [7, 11) is 0. The number of nitro groups is 1. The van der Waals surface area contributed by atoms with Crippen molar-refractivity contribution in [2.24, 2.45) is 0 Å². The molecule has 0 unspecified atom stereocenters. The molecule has 2 amide bonds. The van der Waals surface area contributed by atoms with Crippen LogP contribution in [0.5, 0.6) is 0 Å². The fourth-order valence-electron chi connectivity index (χ4n) is 3.43. The van der Waals surface area contributed by atoms with Gasteiger partial charge >= 0.3 is 0 Å². The number of hydrogen-bond donors (Lipinski definition) is 0. The normalized spacial score (nSPS) is 13.8. The first-order valence-electron chi connectivity index (χ1n) is 9.66. The van der Waals surface area contributed by atoms with E-state index in [0.29, 0.717) is 37.4 Å².